The second-order valence-electron chi connectivity index (χ2n) is 4.85. The summed E-state index contributed by atoms with van der Waals surface area (Å²) >= 11 is 3.55. The fourth-order valence-corrected chi connectivity index (χ4v) is 3.31. The third-order valence-electron chi connectivity index (χ3n) is 2.70. The van der Waals surface area contributed by atoms with Gasteiger partial charge in [-0.3, -0.25) is 0 Å². The lowest BCUT2D eigenvalue weighted by Gasteiger charge is -2.23. The highest BCUT2D eigenvalue weighted by molar-refractivity contribution is 7.10. The summed E-state index contributed by atoms with van der Waals surface area (Å²) in [4.78, 5) is 5.88. The van der Waals surface area contributed by atoms with Crippen LogP contribution in [0, 0.1) is 6.92 Å². The summed E-state index contributed by atoms with van der Waals surface area (Å²) in [6.07, 6.45) is 0. The summed E-state index contributed by atoms with van der Waals surface area (Å²) in [6, 6.07) is 4.33. The van der Waals surface area contributed by atoms with Crippen LogP contribution in [0.2, 0.25) is 0 Å². The van der Waals surface area contributed by atoms with Crippen molar-refractivity contribution >= 4 is 22.7 Å². The van der Waals surface area contributed by atoms with Crippen molar-refractivity contribution in [1.29, 1.82) is 0 Å². The Morgan fingerprint density at radius 2 is 2.18 bits per heavy atom. The highest BCUT2D eigenvalue weighted by Gasteiger charge is 2.21. The Balaban J connectivity index is 1.86. The van der Waals surface area contributed by atoms with Crippen molar-refractivity contribution in [2.45, 2.75) is 32.7 Å². The molecule has 0 aliphatic heterocycles. The van der Waals surface area contributed by atoms with Crippen molar-refractivity contribution in [3.05, 3.63) is 38.5 Å². The number of aromatic nitrogens is 1. The van der Waals surface area contributed by atoms with E-state index in [-0.39, 0.29) is 5.41 Å². The Labute approximate surface area is 111 Å². The predicted octanol–water partition coefficient (Wildman–Crippen LogP) is 3.58. The van der Waals surface area contributed by atoms with Crippen molar-refractivity contribution in [3.63, 3.8) is 0 Å². The Hall–Kier alpha value is -0.710. The van der Waals surface area contributed by atoms with Crippen molar-refractivity contribution in [2.24, 2.45) is 0 Å². The zero-order valence-electron chi connectivity index (χ0n) is 10.5. The van der Waals surface area contributed by atoms with Gasteiger partial charge in [-0.15, -0.1) is 22.7 Å². The fourth-order valence-electron chi connectivity index (χ4n) is 1.72. The third kappa shape index (κ3) is 3.37. The summed E-state index contributed by atoms with van der Waals surface area (Å²) in [5, 5.41) is 8.91. The lowest BCUT2D eigenvalue weighted by atomic mass is 9.91. The van der Waals surface area contributed by atoms with Gasteiger partial charge in [-0.1, -0.05) is 19.9 Å². The fraction of sp³-hybridized carbons (Fsp3) is 0.462. The van der Waals surface area contributed by atoms with Gasteiger partial charge in [0.25, 0.3) is 0 Å². The molecule has 92 valence electrons. The summed E-state index contributed by atoms with van der Waals surface area (Å²) in [5.74, 6) is 0. The van der Waals surface area contributed by atoms with E-state index in [1.54, 1.807) is 11.3 Å². The molecule has 2 nitrogen and oxygen atoms in total. The molecular formula is C13H18N2S2. The molecule has 0 aliphatic carbocycles. The minimum atomic E-state index is 0.195. The van der Waals surface area contributed by atoms with Crippen molar-refractivity contribution < 1.29 is 0 Å². The summed E-state index contributed by atoms with van der Waals surface area (Å²) < 4.78 is 0. The van der Waals surface area contributed by atoms with Crippen molar-refractivity contribution in [2.75, 3.05) is 6.54 Å². The largest absolute Gasteiger partial charge is 0.310 e. The quantitative estimate of drug-likeness (QED) is 0.894. The first-order valence-corrected chi connectivity index (χ1v) is 7.49. The molecule has 0 aromatic carbocycles. The standard InChI is InChI=1S/C13H18N2S2/c1-10-8-17-12(15-10)7-14-9-13(2,3)11-5-4-6-16-11/h4-6,8,14H,7,9H2,1-3H3. The van der Waals surface area contributed by atoms with Gasteiger partial charge in [0.05, 0.1) is 0 Å². The number of thiophene rings is 1. The van der Waals surface area contributed by atoms with Crippen molar-refractivity contribution in [3.8, 4) is 0 Å². The number of rotatable bonds is 5. The monoisotopic (exact) mass is 266 g/mol. The van der Waals surface area contributed by atoms with E-state index < -0.39 is 0 Å². The molecule has 4 heteroatoms. The topological polar surface area (TPSA) is 24.9 Å². The second-order valence-corrected chi connectivity index (χ2v) is 6.74. The van der Waals surface area contributed by atoms with Gasteiger partial charge < -0.3 is 5.32 Å². The van der Waals surface area contributed by atoms with E-state index in [0.717, 1.165) is 18.8 Å². The Morgan fingerprint density at radius 3 is 2.76 bits per heavy atom. The van der Waals surface area contributed by atoms with Crippen LogP contribution in [0.5, 0.6) is 0 Å². The molecule has 0 radical (unpaired) electrons. The third-order valence-corrected chi connectivity index (χ3v) is 4.90. The van der Waals surface area contributed by atoms with E-state index >= 15 is 0 Å². The molecule has 0 spiro atoms. The Bertz CT molecular complexity index is 457. The van der Waals surface area contributed by atoms with Gasteiger partial charge >= 0.3 is 0 Å². The van der Waals surface area contributed by atoms with Gasteiger partial charge in [-0.25, -0.2) is 4.98 Å². The van der Waals surface area contributed by atoms with Gasteiger partial charge in [-0.05, 0) is 18.4 Å². The lowest BCUT2D eigenvalue weighted by Crippen LogP contribution is -2.31. The van der Waals surface area contributed by atoms with E-state index in [4.69, 9.17) is 0 Å². The van der Waals surface area contributed by atoms with Crippen LogP contribution in [-0.4, -0.2) is 11.5 Å². The van der Waals surface area contributed by atoms with Crippen molar-refractivity contribution in [1.82, 2.24) is 10.3 Å². The Kier molecular flexibility index (Phi) is 3.97. The molecule has 0 amide bonds. The van der Waals surface area contributed by atoms with Crippen LogP contribution in [0.4, 0.5) is 0 Å². The van der Waals surface area contributed by atoms with E-state index in [9.17, 15) is 0 Å². The zero-order chi connectivity index (χ0) is 12.3. The average Bonchev–Trinajstić information content (AvgIpc) is 2.89. The van der Waals surface area contributed by atoms with Crippen LogP contribution in [0.15, 0.2) is 22.9 Å². The predicted molar refractivity (Wildman–Crippen MR) is 75.9 cm³/mol. The molecule has 0 saturated carbocycles. The highest BCUT2D eigenvalue weighted by Crippen LogP contribution is 2.26. The molecule has 2 aromatic rings. The first-order chi connectivity index (χ1) is 8.08. The maximum Gasteiger partial charge on any atom is 0.107 e. The second kappa shape index (κ2) is 5.29. The molecule has 17 heavy (non-hydrogen) atoms. The van der Waals surface area contributed by atoms with E-state index in [1.807, 2.05) is 18.3 Å². The van der Waals surface area contributed by atoms with Crippen LogP contribution in [0.1, 0.15) is 29.4 Å². The van der Waals surface area contributed by atoms with Gasteiger partial charge in [0.1, 0.15) is 5.01 Å². The number of aryl methyl sites for hydroxylation is 1. The van der Waals surface area contributed by atoms with Gasteiger partial charge in [-0.2, -0.15) is 0 Å². The molecule has 2 heterocycles. The number of hydrogen-bond donors (Lipinski definition) is 1. The van der Waals surface area contributed by atoms with Crippen LogP contribution in [0.3, 0.4) is 0 Å². The molecule has 0 atom stereocenters. The zero-order valence-corrected chi connectivity index (χ0v) is 12.1. The summed E-state index contributed by atoms with van der Waals surface area (Å²) in [6.45, 7) is 8.44. The summed E-state index contributed by atoms with van der Waals surface area (Å²) in [5.41, 5.74) is 1.31. The molecule has 2 rings (SSSR count). The van der Waals surface area contributed by atoms with Crippen LogP contribution >= 0.6 is 22.7 Å². The maximum absolute atomic E-state index is 4.45. The summed E-state index contributed by atoms with van der Waals surface area (Å²) in [7, 11) is 0. The normalized spacial score (nSPS) is 11.9. The van der Waals surface area contributed by atoms with Crippen LogP contribution < -0.4 is 5.32 Å². The minimum absolute atomic E-state index is 0.195. The number of nitrogens with one attached hydrogen (secondary N) is 1. The number of nitrogens with zero attached hydrogens (tertiary/aromatic N) is 1. The van der Waals surface area contributed by atoms with E-state index in [0.29, 0.717) is 0 Å². The lowest BCUT2D eigenvalue weighted by molar-refractivity contribution is 0.476. The smallest absolute Gasteiger partial charge is 0.107 e. The maximum atomic E-state index is 4.45. The number of thiazole rings is 1. The molecular weight excluding hydrogens is 248 g/mol. The Morgan fingerprint density at radius 1 is 1.35 bits per heavy atom. The average molecular weight is 266 g/mol. The van der Waals surface area contributed by atoms with E-state index in [1.165, 1.54) is 9.88 Å². The molecule has 0 bridgehead atoms. The SMILES string of the molecule is Cc1csc(CNCC(C)(C)c2cccs2)n1. The molecule has 0 fully saturated rings. The molecule has 0 aliphatic rings. The highest BCUT2D eigenvalue weighted by atomic mass is 32.1. The molecule has 1 N–H and O–H groups in total. The van der Waals surface area contributed by atoms with Gasteiger partial charge in [0.2, 0.25) is 0 Å². The van der Waals surface area contributed by atoms with Crippen LogP contribution in [-0.2, 0) is 12.0 Å². The molecule has 0 saturated heterocycles. The molecule has 0 unspecified atom stereocenters. The first-order valence-electron chi connectivity index (χ1n) is 5.74. The van der Waals surface area contributed by atoms with E-state index in [2.05, 4.69) is 47.0 Å². The van der Waals surface area contributed by atoms with Gasteiger partial charge in [0.15, 0.2) is 0 Å². The number of hydrogen-bond acceptors (Lipinski definition) is 4. The first kappa shape index (κ1) is 12.7. The minimum Gasteiger partial charge on any atom is -0.310 e. The molecule has 2 aromatic heterocycles. The van der Waals surface area contributed by atoms with Gasteiger partial charge in [0, 0.05) is 34.5 Å². The van der Waals surface area contributed by atoms with Crippen LogP contribution in [0.25, 0.3) is 0 Å².